The van der Waals surface area contributed by atoms with Crippen molar-refractivity contribution in [1.82, 2.24) is 14.5 Å². The SMILES string of the molecule is CCCCNC(=O)[C@H](CC)N(Cc1ccc(Cl)cc1)C(=O)CN(c1ccc(F)cc1)S(=O)(=O)N(C)C. The maximum absolute atomic E-state index is 13.7. The smallest absolute Gasteiger partial charge is 0.304 e. The summed E-state index contributed by atoms with van der Waals surface area (Å²) in [7, 11) is -1.41. The van der Waals surface area contributed by atoms with Crippen molar-refractivity contribution in [3.8, 4) is 0 Å². The Morgan fingerprint density at radius 3 is 2.17 bits per heavy atom. The number of carbonyl (C=O) groups is 2. The minimum absolute atomic E-state index is 0.0783. The maximum Gasteiger partial charge on any atom is 0.304 e. The van der Waals surface area contributed by atoms with Crippen LogP contribution in [0.25, 0.3) is 0 Å². The molecule has 1 N–H and O–H groups in total. The van der Waals surface area contributed by atoms with Crippen LogP contribution >= 0.6 is 11.6 Å². The van der Waals surface area contributed by atoms with Crippen LogP contribution in [0.15, 0.2) is 48.5 Å². The topological polar surface area (TPSA) is 90.0 Å². The lowest BCUT2D eigenvalue weighted by Gasteiger charge is -2.34. The second-order valence-electron chi connectivity index (χ2n) is 8.49. The van der Waals surface area contributed by atoms with Gasteiger partial charge < -0.3 is 10.2 Å². The number of halogens is 2. The molecule has 0 aromatic heterocycles. The largest absolute Gasteiger partial charge is 0.354 e. The van der Waals surface area contributed by atoms with Crippen molar-refractivity contribution >= 4 is 39.3 Å². The van der Waals surface area contributed by atoms with E-state index in [2.05, 4.69) is 5.32 Å². The summed E-state index contributed by atoms with van der Waals surface area (Å²) in [6.45, 7) is 3.79. The first-order valence-corrected chi connectivity index (χ1v) is 13.6. The molecule has 2 aromatic rings. The van der Waals surface area contributed by atoms with Gasteiger partial charge in [0.25, 0.3) is 0 Å². The second kappa shape index (κ2) is 13.6. The van der Waals surface area contributed by atoms with Gasteiger partial charge in [-0.2, -0.15) is 12.7 Å². The molecule has 0 saturated carbocycles. The normalized spacial score (nSPS) is 12.3. The first-order chi connectivity index (χ1) is 17.0. The molecule has 0 unspecified atom stereocenters. The van der Waals surface area contributed by atoms with Crippen LogP contribution in [-0.4, -0.2) is 62.7 Å². The summed E-state index contributed by atoms with van der Waals surface area (Å²) < 4.78 is 41.6. The van der Waals surface area contributed by atoms with E-state index < -0.39 is 34.5 Å². The predicted octanol–water partition coefficient (Wildman–Crippen LogP) is 3.82. The third-order valence-electron chi connectivity index (χ3n) is 5.62. The summed E-state index contributed by atoms with van der Waals surface area (Å²) in [5.74, 6) is -1.42. The van der Waals surface area contributed by atoms with Crippen molar-refractivity contribution in [1.29, 1.82) is 0 Å². The van der Waals surface area contributed by atoms with Gasteiger partial charge in [0.2, 0.25) is 11.8 Å². The quantitative estimate of drug-likeness (QED) is 0.391. The summed E-state index contributed by atoms with van der Waals surface area (Å²) in [6.07, 6.45) is 2.03. The van der Waals surface area contributed by atoms with Crippen molar-refractivity contribution in [3.63, 3.8) is 0 Å². The molecule has 0 spiro atoms. The van der Waals surface area contributed by atoms with E-state index in [-0.39, 0.29) is 18.1 Å². The number of carbonyl (C=O) groups excluding carboxylic acids is 2. The number of hydrogen-bond acceptors (Lipinski definition) is 4. The standard InChI is InChI=1S/C25H34ClFN4O4S/c1-5-7-16-28-25(33)23(6-2)30(17-19-8-10-20(26)11-9-19)24(32)18-31(36(34,35)29(3)4)22-14-12-21(27)13-15-22/h8-15,23H,5-7,16-18H2,1-4H3,(H,28,33)/t23-/m0/s1. The number of unbranched alkanes of at least 4 members (excludes halogenated alkanes) is 1. The van der Waals surface area contributed by atoms with Gasteiger partial charge in [-0.05, 0) is 54.8 Å². The van der Waals surface area contributed by atoms with E-state index in [1.54, 1.807) is 31.2 Å². The molecule has 0 bridgehead atoms. The van der Waals surface area contributed by atoms with Crippen LogP contribution < -0.4 is 9.62 Å². The zero-order valence-electron chi connectivity index (χ0n) is 21.1. The summed E-state index contributed by atoms with van der Waals surface area (Å²) >= 11 is 6.00. The molecule has 0 radical (unpaired) electrons. The van der Waals surface area contributed by atoms with Crippen LogP contribution in [-0.2, 0) is 26.3 Å². The maximum atomic E-state index is 13.7. The number of hydrogen-bond donors (Lipinski definition) is 1. The van der Waals surface area contributed by atoms with Crippen LogP contribution in [0.5, 0.6) is 0 Å². The highest BCUT2D eigenvalue weighted by molar-refractivity contribution is 7.90. The van der Waals surface area contributed by atoms with Gasteiger partial charge in [0, 0.05) is 32.2 Å². The van der Waals surface area contributed by atoms with Gasteiger partial charge in [-0.3, -0.25) is 9.59 Å². The van der Waals surface area contributed by atoms with Gasteiger partial charge in [-0.15, -0.1) is 0 Å². The Kier molecular flexibility index (Phi) is 11.1. The highest BCUT2D eigenvalue weighted by atomic mass is 35.5. The molecule has 8 nitrogen and oxygen atoms in total. The molecular formula is C25H34ClFN4O4S. The molecule has 36 heavy (non-hydrogen) atoms. The lowest BCUT2D eigenvalue weighted by atomic mass is 10.1. The van der Waals surface area contributed by atoms with E-state index in [0.717, 1.165) is 39.1 Å². The molecule has 0 aliphatic heterocycles. The van der Waals surface area contributed by atoms with E-state index in [1.165, 1.54) is 31.1 Å². The average Bonchev–Trinajstić information content (AvgIpc) is 2.84. The van der Waals surface area contributed by atoms with Crippen molar-refractivity contribution in [2.75, 3.05) is 31.5 Å². The fraction of sp³-hybridized carbons (Fsp3) is 0.440. The van der Waals surface area contributed by atoms with E-state index in [0.29, 0.717) is 18.0 Å². The summed E-state index contributed by atoms with van der Waals surface area (Å²) in [5.41, 5.74) is 0.863. The number of nitrogens with one attached hydrogen (secondary N) is 1. The summed E-state index contributed by atoms with van der Waals surface area (Å²) in [4.78, 5) is 28.1. The molecule has 0 aliphatic carbocycles. The molecule has 2 rings (SSSR count). The minimum Gasteiger partial charge on any atom is -0.354 e. The van der Waals surface area contributed by atoms with Crippen molar-refractivity contribution in [3.05, 3.63) is 64.9 Å². The predicted molar refractivity (Wildman–Crippen MR) is 140 cm³/mol. The molecule has 0 saturated heterocycles. The highest BCUT2D eigenvalue weighted by Crippen LogP contribution is 2.22. The third-order valence-corrected chi connectivity index (χ3v) is 7.69. The van der Waals surface area contributed by atoms with Crippen molar-refractivity contribution in [2.45, 2.75) is 45.7 Å². The van der Waals surface area contributed by atoms with Gasteiger partial charge in [0.05, 0.1) is 5.69 Å². The summed E-state index contributed by atoms with van der Waals surface area (Å²) in [5, 5.41) is 3.40. The lowest BCUT2D eigenvalue weighted by molar-refractivity contribution is -0.140. The number of rotatable bonds is 13. The number of amides is 2. The fourth-order valence-corrected chi connectivity index (χ4v) is 4.72. The molecule has 0 fully saturated rings. The van der Waals surface area contributed by atoms with E-state index in [9.17, 15) is 22.4 Å². The molecule has 11 heteroatoms. The molecule has 1 atom stereocenters. The third kappa shape index (κ3) is 7.91. The van der Waals surface area contributed by atoms with Crippen LogP contribution in [0.4, 0.5) is 10.1 Å². The number of anilines is 1. The highest BCUT2D eigenvalue weighted by Gasteiger charge is 2.33. The Hall–Kier alpha value is -2.69. The number of benzene rings is 2. The molecule has 198 valence electrons. The Bertz CT molecular complexity index is 1110. The molecule has 0 aliphatic rings. The van der Waals surface area contributed by atoms with Crippen molar-refractivity contribution < 1.29 is 22.4 Å². The monoisotopic (exact) mass is 540 g/mol. The molecular weight excluding hydrogens is 507 g/mol. The van der Waals surface area contributed by atoms with Crippen molar-refractivity contribution in [2.24, 2.45) is 0 Å². The fourth-order valence-electron chi connectivity index (χ4n) is 3.54. The van der Waals surface area contributed by atoms with Gasteiger partial charge in [-0.25, -0.2) is 8.70 Å². The van der Waals surface area contributed by atoms with E-state index in [1.807, 2.05) is 6.92 Å². The average molecular weight is 541 g/mol. The Balaban J connectivity index is 2.45. The Morgan fingerprint density at radius 1 is 1.03 bits per heavy atom. The van der Waals surface area contributed by atoms with Gasteiger partial charge in [0.1, 0.15) is 18.4 Å². The molecule has 2 aromatic carbocycles. The van der Waals surface area contributed by atoms with Crippen LogP contribution in [0, 0.1) is 5.82 Å². The number of nitrogens with zero attached hydrogens (tertiary/aromatic N) is 3. The van der Waals surface area contributed by atoms with Gasteiger partial charge >= 0.3 is 10.2 Å². The first kappa shape index (κ1) is 29.5. The van der Waals surface area contributed by atoms with E-state index >= 15 is 0 Å². The Labute approximate surface area is 218 Å². The van der Waals surface area contributed by atoms with Gasteiger partial charge in [0.15, 0.2) is 0 Å². The molecule has 2 amide bonds. The Morgan fingerprint density at radius 2 is 1.64 bits per heavy atom. The van der Waals surface area contributed by atoms with Gasteiger partial charge in [-0.1, -0.05) is 44.0 Å². The second-order valence-corrected chi connectivity index (χ2v) is 11.0. The molecule has 0 heterocycles. The van der Waals surface area contributed by atoms with Crippen LogP contribution in [0.1, 0.15) is 38.7 Å². The lowest BCUT2D eigenvalue weighted by Crippen LogP contribution is -2.53. The first-order valence-electron chi connectivity index (χ1n) is 11.8. The van der Waals surface area contributed by atoms with E-state index in [4.69, 9.17) is 11.6 Å². The summed E-state index contributed by atoms with van der Waals surface area (Å²) in [6, 6.07) is 10.9. The van der Waals surface area contributed by atoms with Crippen LogP contribution in [0.3, 0.4) is 0 Å². The zero-order chi connectivity index (χ0) is 26.9. The van der Waals surface area contributed by atoms with Crippen LogP contribution in [0.2, 0.25) is 5.02 Å². The minimum atomic E-state index is -4.10. The zero-order valence-corrected chi connectivity index (χ0v) is 22.7.